The number of halogens is 3. The Bertz CT molecular complexity index is 546. The van der Waals surface area contributed by atoms with Crippen LogP contribution in [0.25, 0.3) is 0 Å². The Morgan fingerprint density at radius 3 is 2.50 bits per heavy atom. The number of hydrogen-bond donors (Lipinski definition) is 1. The van der Waals surface area contributed by atoms with Crippen molar-refractivity contribution in [1.29, 1.82) is 0 Å². The fourth-order valence-electron chi connectivity index (χ4n) is 2.77. The normalized spacial score (nSPS) is 21.0. The number of rotatable bonds is 6. The number of alkyl halides is 3. The van der Waals surface area contributed by atoms with Gasteiger partial charge in [-0.25, -0.2) is 0 Å². The van der Waals surface area contributed by atoms with Gasteiger partial charge in [-0.15, -0.1) is 0 Å². The smallest absolute Gasteiger partial charge is 0.364 e. The first-order valence-corrected chi connectivity index (χ1v) is 8.05. The second-order valence-corrected chi connectivity index (χ2v) is 6.17. The third-order valence-electron chi connectivity index (χ3n) is 4.12. The number of ether oxygens (including phenoxy) is 1. The lowest BCUT2D eigenvalue weighted by atomic mass is 10.1. The van der Waals surface area contributed by atoms with Crippen molar-refractivity contribution < 1.29 is 22.7 Å². The van der Waals surface area contributed by atoms with Crippen LogP contribution in [0.15, 0.2) is 24.3 Å². The highest BCUT2D eigenvalue weighted by molar-refractivity contribution is 5.81. The molecule has 0 unspecified atom stereocenters. The molecule has 4 nitrogen and oxygen atoms in total. The first kappa shape index (κ1) is 18.7. The lowest BCUT2D eigenvalue weighted by Crippen LogP contribution is -2.45. The molecule has 1 amide bonds. The maximum absolute atomic E-state index is 12.8. The van der Waals surface area contributed by atoms with E-state index < -0.39 is 24.7 Å². The molecule has 0 spiro atoms. The highest BCUT2D eigenvalue weighted by Crippen LogP contribution is 2.23. The second-order valence-electron chi connectivity index (χ2n) is 6.17. The zero-order chi connectivity index (χ0) is 17.7. The second kappa shape index (κ2) is 7.98. The molecule has 0 bridgehead atoms. The lowest BCUT2D eigenvalue weighted by molar-refractivity contribution is -0.167. The van der Waals surface area contributed by atoms with Gasteiger partial charge in [0.15, 0.2) is 0 Å². The molecule has 2 rings (SSSR count). The topological polar surface area (TPSA) is 55.6 Å². The summed E-state index contributed by atoms with van der Waals surface area (Å²) in [5.74, 6) is -0.601. The van der Waals surface area contributed by atoms with Crippen molar-refractivity contribution in [3.8, 4) is 0 Å². The van der Waals surface area contributed by atoms with E-state index >= 15 is 0 Å². The number of aryl methyl sites for hydroxylation is 1. The molecular formula is C17H23F3N2O2. The van der Waals surface area contributed by atoms with Crippen molar-refractivity contribution in [2.24, 2.45) is 5.73 Å². The summed E-state index contributed by atoms with van der Waals surface area (Å²) >= 11 is 0. The molecule has 134 valence electrons. The number of amides is 1. The van der Waals surface area contributed by atoms with E-state index in [0.29, 0.717) is 19.3 Å². The van der Waals surface area contributed by atoms with Crippen LogP contribution in [0.1, 0.15) is 24.0 Å². The molecule has 1 fully saturated rings. The van der Waals surface area contributed by atoms with E-state index in [1.807, 2.05) is 31.2 Å². The van der Waals surface area contributed by atoms with Gasteiger partial charge in [0.2, 0.25) is 0 Å². The number of nitrogens with two attached hydrogens (primary N) is 1. The Balaban J connectivity index is 2.01. The van der Waals surface area contributed by atoms with Crippen LogP contribution in [-0.4, -0.2) is 48.8 Å². The summed E-state index contributed by atoms with van der Waals surface area (Å²) in [5.41, 5.74) is 7.46. The van der Waals surface area contributed by atoms with E-state index in [9.17, 15) is 18.0 Å². The van der Waals surface area contributed by atoms with Gasteiger partial charge in [0.05, 0.1) is 6.10 Å². The summed E-state index contributed by atoms with van der Waals surface area (Å²) in [4.78, 5) is 13.3. The van der Waals surface area contributed by atoms with Crippen LogP contribution >= 0.6 is 0 Å². The number of hydrogen-bond acceptors (Lipinski definition) is 3. The zero-order valence-electron chi connectivity index (χ0n) is 13.7. The van der Waals surface area contributed by atoms with Crippen molar-refractivity contribution in [2.45, 2.75) is 44.6 Å². The first-order chi connectivity index (χ1) is 11.3. The largest absolute Gasteiger partial charge is 0.406 e. The Hall–Kier alpha value is -1.60. The molecule has 2 N–H and O–H groups in total. The zero-order valence-corrected chi connectivity index (χ0v) is 13.7. The maximum atomic E-state index is 12.8. The van der Waals surface area contributed by atoms with Gasteiger partial charge in [0.25, 0.3) is 5.91 Å². The molecule has 24 heavy (non-hydrogen) atoms. The van der Waals surface area contributed by atoms with Crippen molar-refractivity contribution in [3.05, 3.63) is 35.4 Å². The van der Waals surface area contributed by atoms with Crippen molar-refractivity contribution in [1.82, 2.24) is 4.90 Å². The summed E-state index contributed by atoms with van der Waals surface area (Å²) in [6, 6.07) is 7.53. The molecule has 0 aliphatic carbocycles. The third kappa shape index (κ3) is 5.49. The van der Waals surface area contributed by atoms with Crippen LogP contribution in [-0.2, 0) is 16.0 Å². The van der Waals surface area contributed by atoms with E-state index in [0.717, 1.165) is 16.0 Å². The summed E-state index contributed by atoms with van der Waals surface area (Å²) in [6.45, 7) is 0.959. The quantitative estimate of drug-likeness (QED) is 0.862. The fraction of sp³-hybridized carbons (Fsp3) is 0.588. The van der Waals surface area contributed by atoms with Crippen molar-refractivity contribution in [3.63, 3.8) is 0 Å². The predicted molar refractivity (Wildman–Crippen MR) is 84.5 cm³/mol. The first-order valence-electron chi connectivity index (χ1n) is 8.05. The molecular weight excluding hydrogens is 321 g/mol. The van der Waals surface area contributed by atoms with E-state index in [-0.39, 0.29) is 19.2 Å². The molecule has 1 aliphatic rings. The Kier molecular flexibility index (Phi) is 6.23. The van der Waals surface area contributed by atoms with Crippen LogP contribution in [0.4, 0.5) is 13.2 Å². The van der Waals surface area contributed by atoms with E-state index in [1.165, 1.54) is 0 Å². The van der Waals surface area contributed by atoms with E-state index in [1.54, 1.807) is 0 Å². The number of nitrogens with zero attached hydrogens (tertiary/aromatic N) is 1. The van der Waals surface area contributed by atoms with Gasteiger partial charge in [0.1, 0.15) is 12.6 Å². The number of carbonyl (C=O) groups excluding carboxylic acids is 1. The molecule has 2 atom stereocenters. The molecule has 0 aromatic heterocycles. The molecule has 0 radical (unpaired) electrons. The van der Waals surface area contributed by atoms with Gasteiger partial charge in [0, 0.05) is 13.1 Å². The Morgan fingerprint density at radius 1 is 1.29 bits per heavy atom. The van der Waals surface area contributed by atoms with Crippen LogP contribution < -0.4 is 5.73 Å². The molecule has 1 aromatic rings. The third-order valence-corrected chi connectivity index (χ3v) is 4.12. The van der Waals surface area contributed by atoms with Crippen molar-refractivity contribution in [2.75, 3.05) is 19.6 Å². The molecule has 0 saturated carbocycles. The monoisotopic (exact) mass is 344 g/mol. The Morgan fingerprint density at radius 2 is 1.96 bits per heavy atom. The molecule has 1 heterocycles. The maximum Gasteiger partial charge on any atom is 0.406 e. The van der Waals surface area contributed by atoms with Crippen LogP contribution in [0.5, 0.6) is 0 Å². The summed E-state index contributed by atoms with van der Waals surface area (Å²) in [7, 11) is 0. The fourth-order valence-corrected chi connectivity index (χ4v) is 2.77. The van der Waals surface area contributed by atoms with E-state index in [2.05, 4.69) is 0 Å². The molecule has 1 saturated heterocycles. The molecule has 7 heteroatoms. The van der Waals surface area contributed by atoms with Gasteiger partial charge < -0.3 is 15.4 Å². The average Bonchev–Trinajstić information content (AvgIpc) is 3.00. The highest BCUT2D eigenvalue weighted by Gasteiger charge is 2.38. The summed E-state index contributed by atoms with van der Waals surface area (Å²) in [5, 5.41) is 0. The number of carbonyl (C=O) groups is 1. The predicted octanol–water partition coefficient (Wildman–Crippen LogP) is 2.43. The van der Waals surface area contributed by atoms with Gasteiger partial charge in [-0.1, -0.05) is 29.8 Å². The minimum atomic E-state index is -4.44. The van der Waals surface area contributed by atoms with Gasteiger partial charge in [-0.05, 0) is 31.7 Å². The lowest BCUT2D eigenvalue weighted by Gasteiger charge is -2.26. The van der Waals surface area contributed by atoms with Gasteiger partial charge in [-0.3, -0.25) is 4.79 Å². The van der Waals surface area contributed by atoms with Gasteiger partial charge >= 0.3 is 6.18 Å². The number of benzene rings is 1. The molecule has 1 aromatic carbocycles. The van der Waals surface area contributed by atoms with Crippen LogP contribution in [0.3, 0.4) is 0 Å². The van der Waals surface area contributed by atoms with Crippen LogP contribution in [0, 0.1) is 6.92 Å². The highest BCUT2D eigenvalue weighted by atomic mass is 19.4. The van der Waals surface area contributed by atoms with Crippen LogP contribution in [0.2, 0.25) is 0 Å². The van der Waals surface area contributed by atoms with Crippen molar-refractivity contribution >= 4 is 5.91 Å². The van der Waals surface area contributed by atoms with Gasteiger partial charge in [-0.2, -0.15) is 13.2 Å². The standard InChI is InChI=1S/C17H23F3N2O2/c1-12-2-4-13(5-3-12)8-9-22(11-17(18,19)20)16(23)15-7-6-14(10-21)24-15/h2-5,14-15H,6-11,21H2,1H3/t14-,15+/m1/s1. The molecule has 1 aliphatic heterocycles. The average molecular weight is 344 g/mol. The van der Waals surface area contributed by atoms with E-state index in [4.69, 9.17) is 10.5 Å². The minimum Gasteiger partial charge on any atom is -0.364 e. The summed E-state index contributed by atoms with van der Waals surface area (Å²) < 4.78 is 43.9. The summed E-state index contributed by atoms with van der Waals surface area (Å²) in [6.07, 6.45) is -4.11. The SMILES string of the molecule is Cc1ccc(CCN(CC(F)(F)F)C(=O)[C@@H]2CC[C@H](CN)O2)cc1. The Labute approximate surface area is 139 Å². The minimum absolute atomic E-state index is 0.00849.